The molecule has 4 nitrogen and oxygen atoms in total. The zero-order chi connectivity index (χ0) is 18.4. The molecule has 1 heterocycles. The van der Waals surface area contributed by atoms with Gasteiger partial charge in [-0.3, -0.25) is 9.78 Å². The number of amides is 1. The summed E-state index contributed by atoms with van der Waals surface area (Å²) < 4.78 is 19.3. The highest BCUT2D eigenvalue weighted by molar-refractivity contribution is 5.94. The Bertz CT molecular complexity index is 898. The number of nitrogens with zero attached hydrogens (tertiary/aromatic N) is 1. The molecule has 1 amide bonds. The monoisotopic (exact) mass is 350 g/mol. The number of rotatable bonds is 6. The maximum atomic E-state index is 13.6. The number of hydrogen-bond acceptors (Lipinski definition) is 3. The van der Waals surface area contributed by atoms with Gasteiger partial charge in [0.05, 0.1) is 5.69 Å². The first-order valence-corrected chi connectivity index (χ1v) is 8.28. The molecule has 3 aromatic rings. The van der Waals surface area contributed by atoms with Crippen molar-refractivity contribution in [1.29, 1.82) is 0 Å². The number of aryl methyl sites for hydroxylation is 1. The first kappa shape index (κ1) is 17.6. The average Bonchev–Trinajstić information content (AvgIpc) is 2.68. The average molecular weight is 350 g/mol. The third-order valence-electron chi connectivity index (χ3n) is 3.90. The molecule has 0 aliphatic carbocycles. The number of ether oxygens (including phenoxy) is 1. The summed E-state index contributed by atoms with van der Waals surface area (Å²) >= 11 is 0. The Morgan fingerprint density at radius 2 is 2.00 bits per heavy atom. The number of pyridine rings is 1. The molecule has 3 rings (SSSR count). The van der Waals surface area contributed by atoms with Crippen molar-refractivity contribution in [2.75, 3.05) is 0 Å². The summed E-state index contributed by atoms with van der Waals surface area (Å²) in [5.41, 5.74) is 2.55. The van der Waals surface area contributed by atoms with Crippen molar-refractivity contribution >= 4 is 5.91 Å². The van der Waals surface area contributed by atoms with E-state index < -0.39 is 0 Å². The van der Waals surface area contributed by atoms with Gasteiger partial charge in [0.1, 0.15) is 18.2 Å². The third-order valence-corrected chi connectivity index (χ3v) is 3.90. The van der Waals surface area contributed by atoms with Crippen LogP contribution in [0.15, 0.2) is 66.9 Å². The highest BCUT2D eigenvalue weighted by Gasteiger charge is 2.08. The lowest BCUT2D eigenvalue weighted by Crippen LogP contribution is -2.23. The van der Waals surface area contributed by atoms with Gasteiger partial charge in [-0.15, -0.1) is 0 Å². The number of carbonyl (C=O) groups excluding carboxylic acids is 1. The van der Waals surface area contributed by atoms with Crippen LogP contribution in [-0.4, -0.2) is 10.9 Å². The van der Waals surface area contributed by atoms with Crippen LogP contribution in [0.2, 0.25) is 0 Å². The van der Waals surface area contributed by atoms with E-state index in [1.807, 2.05) is 42.5 Å². The van der Waals surface area contributed by atoms with E-state index in [1.54, 1.807) is 25.3 Å². The molecular weight excluding hydrogens is 331 g/mol. The molecule has 1 aromatic heterocycles. The van der Waals surface area contributed by atoms with Gasteiger partial charge in [0.2, 0.25) is 0 Å². The summed E-state index contributed by atoms with van der Waals surface area (Å²) in [5, 5.41) is 2.79. The molecule has 2 aromatic carbocycles. The molecule has 0 fully saturated rings. The minimum Gasteiger partial charge on any atom is -0.487 e. The maximum Gasteiger partial charge on any atom is 0.251 e. The van der Waals surface area contributed by atoms with Crippen LogP contribution >= 0.6 is 0 Å². The summed E-state index contributed by atoms with van der Waals surface area (Å²) in [6.45, 7) is 2.36. The lowest BCUT2D eigenvalue weighted by molar-refractivity contribution is 0.0950. The lowest BCUT2D eigenvalue weighted by atomic mass is 10.1. The topological polar surface area (TPSA) is 51.2 Å². The molecule has 0 radical (unpaired) electrons. The fourth-order valence-electron chi connectivity index (χ4n) is 2.40. The van der Waals surface area contributed by atoms with Crippen molar-refractivity contribution in [3.05, 3.63) is 95.1 Å². The van der Waals surface area contributed by atoms with Crippen molar-refractivity contribution < 1.29 is 13.9 Å². The molecule has 5 heteroatoms. The minimum absolute atomic E-state index is 0.302. The van der Waals surface area contributed by atoms with Crippen LogP contribution in [-0.2, 0) is 13.2 Å². The van der Waals surface area contributed by atoms with Crippen LogP contribution in [0.25, 0.3) is 0 Å². The molecule has 0 spiro atoms. The second-order valence-corrected chi connectivity index (χ2v) is 5.90. The predicted octanol–water partition coefficient (Wildman–Crippen LogP) is 4.04. The van der Waals surface area contributed by atoms with Gasteiger partial charge in [-0.05, 0) is 54.4 Å². The molecule has 0 saturated carbocycles. The molecule has 0 bridgehead atoms. The van der Waals surface area contributed by atoms with Crippen molar-refractivity contribution in [2.45, 2.75) is 20.1 Å². The summed E-state index contributed by atoms with van der Waals surface area (Å²) in [4.78, 5) is 16.4. The van der Waals surface area contributed by atoms with Crippen LogP contribution in [0.3, 0.4) is 0 Å². The Morgan fingerprint density at radius 1 is 1.12 bits per heavy atom. The van der Waals surface area contributed by atoms with E-state index in [9.17, 15) is 9.18 Å². The summed E-state index contributed by atoms with van der Waals surface area (Å²) in [6.07, 6.45) is 1.72. The van der Waals surface area contributed by atoms with Crippen molar-refractivity contribution in [1.82, 2.24) is 10.3 Å². The first-order valence-electron chi connectivity index (χ1n) is 8.28. The van der Waals surface area contributed by atoms with Gasteiger partial charge in [0.25, 0.3) is 5.91 Å². The normalized spacial score (nSPS) is 10.4. The molecule has 0 unspecified atom stereocenters. The van der Waals surface area contributed by atoms with E-state index in [0.29, 0.717) is 30.0 Å². The van der Waals surface area contributed by atoms with Gasteiger partial charge in [0, 0.05) is 18.3 Å². The molecule has 132 valence electrons. The van der Waals surface area contributed by atoms with E-state index in [-0.39, 0.29) is 11.7 Å². The van der Waals surface area contributed by atoms with Gasteiger partial charge < -0.3 is 10.1 Å². The highest BCUT2D eigenvalue weighted by atomic mass is 19.1. The second-order valence-electron chi connectivity index (χ2n) is 5.90. The Labute approximate surface area is 151 Å². The summed E-state index contributed by atoms with van der Waals surface area (Å²) in [6, 6.07) is 17.6. The largest absolute Gasteiger partial charge is 0.487 e. The van der Waals surface area contributed by atoms with E-state index in [4.69, 9.17) is 4.74 Å². The molecule has 26 heavy (non-hydrogen) atoms. The van der Waals surface area contributed by atoms with Crippen LogP contribution in [0.1, 0.15) is 27.2 Å². The fraction of sp³-hybridized carbons (Fsp3) is 0.143. The molecular formula is C21H19FN2O2. The first-order chi connectivity index (χ1) is 12.6. The van der Waals surface area contributed by atoms with Crippen LogP contribution in [0.5, 0.6) is 5.75 Å². The number of aromatic nitrogens is 1. The number of carbonyl (C=O) groups is 1. The van der Waals surface area contributed by atoms with Crippen molar-refractivity contribution in [3.63, 3.8) is 0 Å². The molecule has 0 aliphatic heterocycles. The van der Waals surface area contributed by atoms with Crippen LogP contribution < -0.4 is 10.1 Å². The Kier molecular flexibility index (Phi) is 5.59. The zero-order valence-corrected chi connectivity index (χ0v) is 14.4. The van der Waals surface area contributed by atoms with Crippen molar-refractivity contribution in [3.8, 4) is 5.75 Å². The van der Waals surface area contributed by atoms with E-state index in [0.717, 1.165) is 11.3 Å². The zero-order valence-electron chi connectivity index (χ0n) is 14.4. The smallest absolute Gasteiger partial charge is 0.251 e. The summed E-state index contributed by atoms with van der Waals surface area (Å²) in [5.74, 6) is -0.00458. The van der Waals surface area contributed by atoms with Crippen molar-refractivity contribution in [2.24, 2.45) is 0 Å². The van der Waals surface area contributed by atoms with Gasteiger partial charge in [-0.1, -0.05) is 24.3 Å². The van der Waals surface area contributed by atoms with E-state index in [2.05, 4.69) is 10.3 Å². The van der Waals surface area contributed by atoms with Gasteiger partial charge in [-0.2, -0.15) is 0 Å². The number of hydrogen-bond donors (Lipinski definition) is 1. The molecule has 1 N–H and O–H groups in total. The lowest BCUT2D eigenvalue weighted by Gasteiger charge is -2.09. The molecule has 0 saturated heterocycles. The number of halogens is 1. The summed E-state index contributed by atoms with van der Waals surface area (Å²) in [7, 11) is 0. The second kappa shape index (κ2) is 8.25. The third kappa shape index (κ3) is 4.66. The quantitative estimate of drug-likeness (QED) is 0.730. The fourth-order valence-corrected chi connectivity index (χ4v) is 2.40. The predicted molar refractivity (Wildman–Crippen MR) is 97.3 cm³/mol. The standard InChI is InChI=1S/C21H19FN2O2/c1-15-8-9-17(12-20(15)22)21(25)24-13-16-5-4-7-19(11-16)26-14-18-6-2-3-10-23-18/h2-12H,13-14H2,1H3,(H,24,25). The van der Waals surface area contributed by atoms with E-state index >= 15 is 0 Å². The highest BCUT2D eigenvalue weighted by Crippen LogP contribution is 2.15. The Balaban J connectivity index is 1.58. The Hall–Kier alpha value is -3.21. The van der Waals surface area contributed by atoms with Gasteiger partial charge in [0.15, 0.2) is 0 Å². The maximum absolute atomic E-state index is 13.6. The minimum atomic E-state index is -0.387. The van der Waals surface area contributed by atoms with Gasteiger partial charge in [-0.25, -0.2) is 4.39 Å². The number of benzene rings is 2. The number of nitrogens with one attached hydrogen (secondary N) is 1. The molecule has 0 aliphatic rings. The van der Waals surface area contributed by atoms with E-state index in [1.165, 1.54) is 6.07 Å². The van der Waals surface area contributed by atoms with Gasteiger partial charge >= 0.3 is 0 Å². The Morgan fingerprint density at radius 3 is 2.77 bits per heavy atom. The molecule has 0 atom stereocenters. The SMILES string of the molecule is Cc1ccc(C(=O)NCc2cccc(OCc3ccccn3)c2)cc1F. The van der Waals surface area contributed by atoms with Crippen LogP contribution in [0, 0.1) is 12.7 Å². The van der Waals surface area contributed by atoms with Crippen LogP contribution in [0.4, 0.5) is 4.39 Å².